The van der Waals surface area contributed by atoms with Crippen LogP contribution in [0.25, 0.3) is 0 Å². The van der Waals surface area contributed by atoms with Crippen molar-refractivity contribution in [3.8, 4) is 0 Å². The number of cyclic esters (lactones) is 2. The van der Waals surface area contributed by atoms with E-state index in [0.717, 1.165) is 16.7 Å². The van der Waals surface area contributed by atoms with Crippen LogP contribution in [0.4, 0.5) is 43.9 Å². The van der Waals surface area contributed by atoms with Gasteiger partial charge in [-0.15, -0.1) is 11.6 Å². The number of benzene rings is 3. The van der Waals surface area contributed by atoms with Crippen LogP contribution in [0, 0.1) is 0 Å². The molecule has 3 aliphatic heterocycles. The van der Waals surface area contributed by atoms with Gasteiger partial charge in [0.05, 0.1) is 39.6 Å². The summed E-state index contributed by atoms with van der Waals surface area (Å²) in [5, 5.41) is 93.9. The number of carboxylic acid groups (broad SMARTS) is 1. The zero-order valence-corrected chi connectivity index (χ0v) is 46.2. The summed E-state index contributed by atoms with van der Waals surface area (Å²) in [7, 11) is 0. The van der Waals surface area contributed by atoms with Crippen molar-refractivity contribution >= 4 is 41.4 Å². The van der Waals surface area contributed by atoms with Crippen LogP contribution in [0.15, 0.2) is 91.0 Å². The highest BCUT2D eigenvalue weighted by Crippen LogP contribution is 2.43. The lowest BCUT2D eigenvalue weighted by Crippen LogP contribution is -2.50. The molecule has 85 heavy (non-hydrogen) atoms. The van der Waals surface area contributed by atoms with Crippen molar-refractivity contribution in [1.82, 2.24) is 0 Å². The van der Waals surface area contributed by atoms with Crippen molar-refractivity contribution in [2.75, 3.05) is 39.6 Å². The largest absolute Gasteiger partial charge is 0.477 e. The van der Waals surface area contributed by atoms with Crippen molar-refractivity contribution in [2.24, 2.45) is 0 Å². The minimum absolute atomic E-state index is 0.186. The number of carbonyl (C=O) groups is 5. The Bertz CT molecular complexity index is 2390. The maximum absolute atomic E-state index is 13.4. The molecule has 10 atom stereocenters. The molecule has 3 aromatic rings. The Morgan fingerprint density at radius 2 is 0.953 bits per heavy atom. The minimum Gasteiger partial charge on any atom is -0.477 e. The normalized spacial score (nSPS) is 22.0. The third-order valence-corrected chi connectivity index (χ3v) is 12.2. The van der Waals surface area contributed by atoms with Gasteiger partial charge in [-0.05, 0) is 50.8 Å². The first-order valence-corrected chi connectivity index (χ1v) is 25.3. The standard InChI is InChI=1S/C19H15Cl.C10H16F2O5.C7H12F2O5.C6H8F2O3.C5H8F2O5.C5H6F2O4/c20-19(16-10-4-1-5-11-16,17-12-6-2-7-13-17)18-14-8-3-9-15-18;1-4-15-8(14)10(11,12)7(13)6-5-16-9(2,3)17-6;1-2-14-6(13)7(8,9)5(12)4(11)3-10;1-2-3-4(9)6(7,8)5(10)11-3;6-5(7,4(11)12)3(10)2(9)1-8;6-5(7)3(9)2(1-8)11-4(5)10/h1-15H;6-7,13H,4-5H2,1-3H3;4-5,10-12H,2-3H2,1H3;3-4,9H,2H2,1H3;2-3,8-10H,1H2,(H,11,12);2-3,8-9H,1H2/t;6-,7-;4-,5-;3-,4?;2-,3-;2-,3?/m.11111/s1. The second-order valence-electron chi connectivity index (χ2n) is 18.2. The van der Waals surface area contributed by atoms with Crippen LogP contribution in [0.5, 0.6) is 0 Å². The van der Waals surface area contributed by atoms with Crippen LogP contribution in [-0.4, -0.2) is 222 Å². The van der Waals surface area contributed by atoms with Crippen LogP contribution in [0.3, 0.4) is 0 Å². The fourth-order valence-electron chi connectivity index (χ4n) is 6.83. The van der Waals surface area contributed by atoms with E-state index < -0.39 is 151 Å². The number of carbonyl (C=O) groups excluding carboxylic acids is 4. The molecule has 0 amide bonds. The van der Waals surface area contributed by atoms with Crippen molar-refractivity contribution in [1.29, 1.82) is 0 Å². The first-order valence-electron chi connectivity index (χ1n) is 24.9. The molecule has 33 heteroatoms. The minimum atomic E-state index is -4.46. The number of alkyl halides is 11. The van der Waals surface area contributed by atoms with E-state index >= 15 is 0 Å². The molecule has 0 spiro atoms. The van der Waals surface area contributed by atoms with Gasteiger partial charge in [0.2, 0.25) is 0 Å². The van der Waals surface area contributed by atoms with Gasteiger partial charge >= 0.3 is 59.5 Å². The first-order chi connectivity index (χ1) is 39.2. The third kappa shape index (κ3) is 20.4. The molecule has 3 saturated heterocycles. The lowest BCUT2D eigenvalue weighted by Gasteiger charge is -2.29. The summed E-state index contributed by atoms with van der Waals surface area (Å²) in [4.78, 5) is 51.3. The SMILES string of the molecule is CCOC(=O)C(F)(F)[C@H](O)[C@H](O)CO.CCOC(=O)C(F)(F)[C@H](O)[C@H]1COC(C)(C)O1.CC[C@H]1OC(=O)C(F)(F)C1O.ClC(c1ccccc1)(c1ccccc1)c1ccccc1.O=C(O)C(F)(F)[C@H](O)[C@H](O)CO.O=C1O[C@H](CO)C(O)C1(F)F. The summed E-state index contributed by atoms with van der Waals surface area (Å²) < 4.78 is 153. The molecule has 482 valence electrons. The summed E-state index contributed by atoms with van der Waals surface area (Å²) in [6.07, 6.45) is -19.9. The molecule has 0 aliphatic carbocycles. The van der Waals surface area contributed by atoms with Crippen LogP contribution in [-0.2, 0) is 57.3 Å². The van der Waals surface area contributed by atoms with E-state index in [0.29, 0.717) is 0 Å². The zero-order valence-electron chi connectivity index (χ0n) is 45.5. The van der Waals surface area contributed by atoms with Gasteiger partial charge < -0.3 is 84.6 Å². The van der Waals surface area contributed by atoms with Crippen LogP contribution >= 0.6 is 11.6 Å². The Kier molecular flexibility index (Phi) is 30.2. The number of rotatable bonds is 18. The highest BCUT2D eigenvalue weighted by atomic mass is 35.5. The molecule has 0 radical (unpaired) electrons. The van der Waals surface area contributed by atoms with Crippen molar-refractivity contribution in [2.45, 2.75) is 142 Å². The Labute approximate surface area is 482 Å². The van der Waals surface area contributed by atoms with Gasteiger partial charge in [-0.25, -0.2) is 24.0 Å². The van der Waals surface area contributed by atoms with Gasteiger partial charge in [0.25, 0.3) is 0 Å². The molecule has 0 bridgehead atoms. The van der Waals surface area contributed by atoms with Crippen LogP contribution in [0.2, 0.25) is 0 Å². The lowest BCUT2D eigenvalue weighted by molar-refractivity contribution is -0.210. The van der Waals surface area contributed by atoms with Gasteiger partial charge in [0.15, 0.2) is 42.4 Å². The van der Waals surface area contributed by atoms with Crippen molar-refractivity contribution < 1.29 is 152 Å². The zero-order chi connectivity index (χ0) is 65.7. The summed E-state index contributed by atoms with van der Waals surface area (Å²) in [5.41, 5.74) is 3.25. The molecule has 0 aromatic heterocycles. The number of ether oxygens (including phenoxy) is 6. The molecule has 0 saturated carbocycles. The first kappa shape index (κ1) is 77.1. The predicted molar refractivity (Wildman–Crippen MR) is 269 cm³/mol. The Hall–Kier alpha value is -5.88. The Morgan fingerprint density at radius 1 is 0.612 bits per heavy atom. The topological polar surface area (TPSA) is 363 Å². The van der Waals surface area contributed by atoms with E-state index in [1.807, 2.05) is 54.6 Å². The van der Waals surface area contributed by atoms with E-state index in [9.17, 15) is 73.0 Å². The third-order valence-electron chi connectivity index (χ3n) is 11.6. The van der Waals surface area contributed by atoms with Gasteiger partial charge in [-0.1, -0.05) is 97.9 Å². The van der Waals surface area contributed by atoms with Crippen LogP contribution in [0.1, 0.15) is 57.7 Å². The second-order valence-corrected chi connectivity index (χ2v) is 18.8. The fraction of sp³-hybridized carbons (Fsp3) is 0.558. The molecule has 6 rings (SSSR count). The number of halogens is 11. The van der Waals surface area contributed by atoms with Gasteiger partial charge in [-0.3, -0.25) is 0 Å². The summed E-state index contributed by atoms with van der Waals surface area (Å²) in [5.74, 6) is -31.0. The Morgan fingerprint density at radius 3 is 1.20 bits per heavy atom. The average Bonchev–Trinajstić information content (AvgIpc) is 3.53. The highest BCUT2D eigenvalue weighted by Gasteiger charge is 2.60. The van der Waals surface area contributed by atoms with E-state index in [-0.39, 0.29) is 26.2 Å². The number of aliphatic hydroxyl groups is 10. The molecule has 11 N–H and O–H groups in total. The molecule has 3 aromatic carbocycles. The molecule has 3 fully saturated rings. The Balaban J connectivity index is 0.000000518. The summed E-state index contributed by atoms with van der Waals surface area (Å²) in [6, 6.07) is 30.6. The molecule has 3 heterocycles. The second kappa shape index (κ2) is 33.3. The van der Waals surface area contributed by atoms with E-state index in [2.05, 4.69) is 55.3 Å². The number of esters is 4. The number of aliphatic hydroxyl groups excluding tert-OH is 10. The smallest absolute Gasteiger partial charge is 0.380 e. The van der Waals surface area contributed by atoms with E-state index in [1.54, 1.807) is 6.92 Å². The quantitative estimate of drug-likeness (QED) is 0.0286. The summed E-state index contributed by atoms with van der Waals surface area (Å²) in [6.45, 7) is 3.67. The van der Waals surface area contributed by atoms with Crippen molar-refractivity contribution in [3.05, 3.63) is 108 Å². The number of hydrogen-bond donors (Lipinski definition) is 11. The number of aliphatic carboxylic acids is 1. The number of carboxylic acids is 1. The molecule has 3 aliphatic rings. The molecule has 22 nitrogen and oxygen atoms in total. The van der Waals surface area contributed by atoms with Crippen molar-refractivity contribution in [3.63, 3.8) is 0 Å². The van der Waals surface area contributed by atoms with Gasteiger partial charge in [-0.2, -0.15) is 43.9 Å². The fourth-order valence-corrected chi connectivity index (χ4v) is 7.20. The lowest BCUT2D eigenvalue weighted by atomic mass is 9.84. The van der Waals surface area contributed by atoms with E-state index in [1.165, 1.54) is 27.7 Å². The monoisotopic (exact) mass is 1270 g/mol. The van der Waals surface area contributed by atoms with Gasteiger partial charge in [0.1, 0.15) is 29.3 Å². The number of hydrogen-bond acceptors (Lipinski definition) is 21. The van der Waals surface area contributed by atoms with Crippen LogP contribution < -0.4 is 0 Å². The average molecular weight is 1270 g/mol. The highest BCUT2D eigenvalue weighted by molar-refractivity contribution is 6.28. The molecular formula is C52H65ClF10O22. The maximum atomic E-state index is 13.4. The van der Waals surface area contributed by atoms with Gasteiger partial charge in [0, 0.05) is 0 Å². The molecular weight excluding hydrogens is 1200 g/mol. The molecule has 2 unspecified atom stereocenters. The van der Waals surface area contributed by atoms with E-state index in [4.69, 9.17) is 72.1 Å². The predicted octanol–water partition coefficient (Wildman–Crippen LogP) is 2.45. The summed E-state index contributed by atoms with van der Waals surface area (Å²) >= 11 is 7.12. The maximum Gasteiger partial charge on any atom is 0.380 e.